The van der Waals surface area contributed by atoms with E-state index in [4.69, 9.17) is 14.0 Å². The molecule has 1 aliphatic carbocycles. The number of fused-ring (bicyclic) bond motifs is 1. The van der Waals surface area contributed by atoms with E-state index >= 15 is 0 Å². The molecule has 3 saturated heterocycles. The summed E-state index contributed by atoms with van der Waals surface area (Å²) in [6.07, 6.45) is 10.5. The molecule has 3 amide bonds. The normalized spacial score (nSPS) is 37.5. The Hall–Kier alpha value is -2.72. The third-order valence-electron chi connectivity index (χ3n) is 8.58. The number of aryl methyl sites for hydroxylation is 1. The van der Waals surface area contributed by atoms with Gasteiger partial charge in [-0.2, -0.15) is 0 Å². The standard InChI is InChI=1S/C26H34N4O6/c1-15-13-18(29-35-15)28-22(31)19-20-24(33)30(14-17-9-6-12-34-17)21(26(20)11-10-25(19,2)36-26)23(32)27-16-7-4-3-5-8-16/h10-11,13,16-17,19-21H,3-9,12,14H2,1-2H3,(H,27,32)(H,28,29,31)/t17-,19-,20+,21+,25-,26+/m0/s1. The first-order valence-corrected chi connectivity index (χ1v) is 13.2. The van der Waals surface area contributed by atoms with Crippen molar-refractivity contribution in [3.63, 3.8) is 0 Å². The molecule has 10 nitrogen and oxygen atoms in total. The Kier molecular flexibility index (Phi) is 5.71. The molecule has 1 spiro atoms. The van der Waals surface area contributed by atoms with Crippen LogP contribution in [0.1, 0.15) is 57.6 Å². The number of hydrogen-bond acceptors (Lipinski definition) is 7. The zero-order chi connectivity index (χ0) is 25.1. The van der Waals surface area contributed by atoms with Crippen molar-refractivity contribution in [3.8, 4) is 0 Å². The SMILES string of the molecule is Cc1cc(NC(=O)[C@@H]2[C@@H]3C(=O)N(C[C@@H]4CCCO4)[C@H](C(=O)NC4CCCCC4)[C@@]34C=C[C@]2(C)O4)no1. The molecule has 0 radical (unpaired) electrons. The van der Waals surface area contributed by atoms with E-state index in [0.717, 1.165) is 38.5 Å². The summed E-state index contributed by atoms with van der Waals surface area (Å²) in [6.45, 7) is 4.51. The molecular weight excluding hydrogens is 464 g/mol. The van der Waals surface area contributed by atoms with Crippen LogP contribution < -0.4 is 10.6 Å². The number of rotatable bonds is 6. The highest BCUT2D eigenvalue weighted by Crippen LogP contribution is 2.60. The first-order valence-electron chi connectivity index (χ1n) is 13.2. The molecule has 194 valence electrons. The minimum atomic E-state index is -1.20. The number of amides is 3. The minimum Gasteiger partial charge on any atom is -0.376 e. The summed E-state index contributed by atoms with van der Waals surface area (Å²) in [6, 6.07) is 0.862. The van der Waals surface area contributed by atoms with Crippen molar-refractivity contribution >= 4 is 23.5 Å². The fraction of sp³-hybridized carbons (Fsp3) is 0.692. The number of hydrogen-bond donors (Lipinski definition) is 2. The van der Waals surface area contributed by atoms with Crippen molar-refractivity contribution in [2.45, 2.75) is 88.2 Å². The van der Waals surface area contributed by atoms with Gasteiger partial charge in [-0.15, -0.1) is 0 Å². The molecule has 1 aromatic rings. The van der Waals surface area contributed by atoms with Gasteiger partial charge in [-0.05, 0) is 39.5 Å². The molecule has 6 rings (SSSR count). The zero-order valence-corrected chi connectivity index (χ0v) is 20.8. The van der Waals surface area contributed by atoms with E-state index in [1.165, 1.54) is 6.42 Å². The number of ether oxygens (including phenoxy) is 2. The lowest BCUT2D eigenvalue weighted by Crippen LogP contribution is -2.57. The van der Waals surface area contributed by atoms with Crippen LogP contribution in [0.4, 0.5) is 5.82 Å². The van der Waals surface area contributed by atoms with E-state index in [1.54, 1.807) is 17.9 Å². The molecule has 2 N–H and O–H groups in total. The average Bonchev–Trinajstić information content (AvgIpc) is 3.64. The first-order chi connectivity index (χ1) is 17.3. The number of nitrogens with one attached hydrogen (secondary N) is 2. The third-order valence-corrected chi connectivity index (χ3v) is 8.58. The average molecular weight is 499 g/mol. The van der Waals surface area contributed by atoms with E-state index in [0.29, 0.717) is 18.9 Å². The van der Waals surface area contributed by atoms with Gasteiger partial charge >= 0.3 is 0 Å². The van der Waals surface area contributed by atoms with Gasteiger partial charge in [0.25, 0.3) is 0 Å². The second-order valence-electron chi connectivity index (χ2n) is 11.1. The summed E-state index contributed by atoms with van der Waals surface area (Å²) in [5, 5.41) is 9.87. The van der Waals surface area contributed by atoms with Crippen LogP contribution >= 0.6 is 0 Å². The van der Waals surface area contributed by atoms with Gasteiger partial charge in [-0.1, -0.05) is 36.6 Å². The predicted molar refractivity (Wildman–Crippen MR) is 128 cm³/mol. The lowest BCUT2D eigenvalue weighted by atomic mass is 9.70. The summed E-state index contributed by atoms with van der Waals surface area (Å²) in [4.78, 5) is 43.1. The highest BCUT2D eigenvalue weighted by molar-refractivity contribution is 6.03. The highest BCUT2D eigenvalue weighted by atomic mass is 16.5. The van der Waals surface area contributed by atoms with Crippen molar-refractivity contribution in [2.75, 3.05) is 18.5 Å². The van der Waals surface area contributed by atoms with E-state index in [1.807, 2.05) is 19.1 Å². The summed E-state index contributed by atoms with van der Waals surface area (Å²) >= 11 is 0. The molecule has 0 aromatic carbocycles. The minimum absolute atomic E-state index is 0.0917. The number of likely N-dealkylation sites (tertiary alicyclic amines) is 1. The van der Waals surface area contributed by atoms with Crippen LogP contribution in [0.25, 0.3) is 0 Å². The second kappa shape index (κ2) is 8.69. The van der Waals surface area contributed by atoms with Gasteiger partial charge in [0.2, 0.25) is 17.7 Å². The summed E-state index contributed by atoms with van der Waals surface area (Å²) < 4.78 is 17.5. The maximum atomic E-state index is 14.0. The van der Waals surface area contributed by atoms with Gasteiger partial charge in [0, 0.05) is 25.3 Å². The van der Waals surface area contributed by atoms with E-state index < -0.39 is 29.1 Å². The van der Waals surface area contributed by atoms with E-state index in [9.17, 15) is 14.4 Å². The first kappa shape index (κ1) is 23.7. The molecule has 5 aliphatic rings. The topological polar surface area (TPSA) is 123 Å². The molecule has 4 fully saturated rings. The highest BCUT2D eigenvalue weighted by Gasteiger charge is 2.76. The van der Waals surface area contributed by atoms with Gasteiger partial charge in [0.15, 0.2) is 5.82 Å². The molecule has 4 aliphatic heterocycles. The maximum absolute atomic E-state index is 14.0. The number of aromatic nitrogens is 1. The smallest absolute Gasteiger partial charge is 0.246 e. The Balaban J connectivity index is 1.33. The second-order valence-corrected chi connectivity index (χ2v) is 11.1. The van der Waals surface area contributed by atoms with Gasteiger partial charge < -0.3 is 29.5 Å². The lowest BCUT2D eigenvalue weighted by Gasteiger charge is -2.35. The summed E-state index contributed by atoms with van der Waals surface area (Å²) in [5.74, 6) is -1.60. The van der Waals surface area contributed by atoms with Crippen LogP contribution in [0, 0.1) is 18.8 Å². The molecule has 1 saturated carbocycles. The van der Waals surface area contributed by atoms with Gasteiger partial charge in [-0.3, -0.25) is 14.4 Å². The summed E-state index contributed by atoms with van der Waals surface area (Å²) in [7, 11) is 0. The van der Waals surface area contributed by atoms with Crippen LogP contribution in [0.3, 0.4) is 0 Å². The number of carbonyl (C=O) groups excluding carboxylic acids is 3. The largest absolute Gasteiger partial charge is 0.376 e. The van der Waals surface area contributed by atoms with Gasteiger partial charge in [-0.25, -0.2) is 0 Å². The molecular formula is C26H34N4O6. The Morgan fingerprint density at radius 1 is 1.14 bits per heavy atom. The van der Waals surface area contributed by atoms with Crippen LogP contribution in [0.5, 0.6) is 0 Å². The predicted octanol–water partition coefficient (Wildman–Crippen LogP) is 2.09. The number of nitrogens with zero attached hydrogens (tertiary/aromatic N) is 2. The van der Waals surface area contributed by atoms with E-state index in [-0.39, 0.29) is 35.7 Å². The monoisotopic (exact) mass is 498 g/mol. The Morgan fingerprint density at radius 2 is 1.94 bits per heavy atom. The number of carbonyl (C=O) groups is 3. The van der Waals surface area contributed by atoms with Crippen molar-refractivity contribution < 1.29 is 28.4 Å². The van der Waals surface area contributed by atoms with Gasteiger partial charge in [0.1, 0.15) is 17.4 Å². The molecule has 10 heteroatoms. The summed E-state index contributed by atoms with van der Waals surface area (Å²) in [5.41, 5.74) is -2.21. The Bertz CT molecular complexity index is 1090. The Labute approximate surface area is 210 Å². The quantitative estimate of drug-likeness (QED) is 0.576. The Morgan fingerprint density at radius 3 is 2.64 bits per heavy atom. The van der Waals surface area contributed by atoms with Crippen molar-refractivity contribution in [2.24, 2.45) is 11.8 Å². The lowest BCUT2D eigenvalue weighted by molar-refractivity contribution is -0.145. The third kappa shape index (κ3) is 3.68. The zero-order valence-electron chi connectivity index (χ0n) is 20.8. The maximum Gasteiger partial charge on any atom is 0.246 e. The van der Waals surface area contributed by atoms with Crippen LogP contribution in [-0.2, 0) is 23.9 Å². The van der Waals surface area contributed by atoms with Crippen LogP contribution in [-0.4, -0.2) is 70.3 Å². The van der Waals surface area contributed by atoms with E-state index in [2.05, 4.69) is 15.8 Å². The number of anilines is 1. The van der Waals surface area contributed by atoms with Gasteiger partial charge in [0.05, 0.1) is 23.5 Å². The van der Waals surface area contributed by atoms with Crippen molar-refractivity contribution in [1.29, 1.82) is 0 Å². The molecule has 1 aromatic heterocycles. The molecule has 36 heavy (non-hydrogen) atoms. The van der Waals surface area contributed by atoms with Crippen LogP contribution in [0.2, 0.25) is 0 Å². The molecule has 6 atom stereocenters. The molecule has 5 heterocycles. The molecule has 2 bridgehead atoms. The fourth-order valence-corrected chi connectivity index (χ4v) is 6.99. The van der Waals surface area contributed by atoms with Crippen LogP contribution in [0.15, 0.2) is 22.7 Å². The van der Waals surface area contributed by atoms with Crippen molar-refractivity contribution in [3.05, 3.63) is 24.0 Å². The molecule has 0 unspecified atom stereocenters. The van der Waals surface area contributed by atoms with Crippen molar-refractivity contribution in [1.82, 2.24) is 15.4 Å². The fourth-order valence-electron chi connectivity index (χ4n) is 6.99.